The number of halogens is 2. The molecular weight excluding hydrogens is 383 g/mol. The minimum atomic E-state index is -1.10. The second-order valence-electron chi connectivity index (χ2n) is 5.09. The summed E-state index contributed by atoms with van der Waals surface area (Å²) in [7, 11) is 1.26. The van der Waals surface area contributed by atoms with Gasteiger partial charge < -0.3 is 14.8 Å². The Labute approximate surface area is 159 Å². The molecule has 1 heterocycles. The van der Waals surface area contributed by atoms with Gasteiger partial charge in [0.15, 0.2) is 11.9 Å². The fourth-order valence-corrected chi connectivity index (χ4v) is 2.29. The van der Waals surface area contributed by atoms with Gasteiger partial charge in [-0.2, -0.15) is 0 Å². The summed E-state index contributed by atoms with van der Waals surface area (Å²) in [6, 6.07) is 7.06. The number of nitrogens with one attached hydrogen (secondary N) is 1. The quantitative estimate of drug-likeness (QED) is 0.778. The lowest BCUT2D eigenvalue weighted by atomic mass is 10.1. The molecule has 0 saturated carbocycles. The maximum atomic E-state index is 12.1. The molecule has 0 aliphatic carbocycles. The van der Waals surface area contributed by atoms with Crippen LogP contribution in [0.25, 0.3) is 0 Å². The highest BCUT2D eigenvalue weighted by molar-refractivity contribution is 6.36. The van der Waals surface area contributed by atoms with E-state index in [0.717, 1.165) is 0 Å². The number of pyridine rings is 1. The number of rotatable bonds is 5. The standard InChI is InChI=1S/C17H14Cl2N2O5/c1-9(15(22)21-14-13(19)7-12(18)8-20-14)26-17(24)11-5-3-10(4-6-11)16(23)25-2/h3-9H,1-2H3,(H,20,21,22). The number of hydrogen-bond donors (Lipinski definition) is 1. The zero-order valence-electron chi connectivity index (χ0n) is 13.8. The highest BCUT2D eigenvalue weighted by atomic mass is 35.5. The molecule has 0 fully saturated rings. The molecule has 2 rings (SSSR count). The Bertz CT molecular complexity index is 840. The molecule has 0 radical (unpaired) electrons. The van der Waals surface area contributed by atoms with Gasteiger partial charge in [-0.1, -0.05) is 23.2 Å². The van der Waals surface area contributed by atoms with Gasteiger partial charge in [0.2, 0.25) is 0 Å². The summed E-state index contributed by atoms with van der Waals surface area (Å²) in [6.45, 7) is 1.40. The maximum Gasteiger partial charge on any atom is 0.338 e. The summed E-state index contributed by atoms with van der Waals surface area (Å²) in [5, 5.41) is 2.92. The van der Waals surface area contributed by atoms with Gasteiger partial charge >= 0.3 is 11.9 Å². The monoisotopic (exact) mass is 396 g/mol. The van der Waals surface area contributed by atoms with Crippen molar-refractivity contribution in [2.24, 2.45) is 0 Å². The van der Waals surface area contributed by atoms with Crippen LogP contribution >= 0.6 is 23.2 Å². The SMILES string of the molecule is COC(=O)c1ccc(C(=O)OC(C)C(=O)Nc2ncc(Cl)cc2Cl)cc1. The number of benzene rings is 1. The molecule has 1 unspecified atom stereocenters. The summed E-state index contributed by atoms with van der Waals surface area (Å²) >= 11 is 11.7. The Morgan fingerprint density at radius 2 is 1.65 bits per heavy atom. The van der Waals surface area contributed by atoms with E-state index in [1.165, 1.54) is 50.6 Å². The zero-order chi connectivity index (χ0) is 19.3. The summed E-state index contributed by atoms with van der Waals surface area (Å²) in [5.41, 5.74) is 0.471. The van der Waals surface area contributed by atoms with Crippen molar-refractivity contribution in [3.63, 3.8) is 0 Å². The van der Waals surface area contributed by atoms with Crippen LogP contribution in [-0.4, -0.2) is 36.0 Å². The van der Waals surface area contributed by atoms with Crippen LogP contribution in [0.15, 0.2) is 36.5 Å². The molecule has 2 aromatic rings. The van der Waals surface area contributed by atoms with Crippen LogP contribution in [0.2, 0.25) is 10.0 Å². The molecule has 0 saturated heterocycles. The van der Waals surface area contributed by atoms with Crippen LogP contribution in [0, 0.1) is 0 Å². The van der Waals surface area contributed by atoms with Gasteiger partial charge in [-0.25, -0.2) is 14.6 Å². The second kappa shape index (κ2) is 8.64. The van der Waals surface area contributed by atoms with Crippen LogP contribution in [0.3, 0.4) is 0 Å². The van der Waals surface area contributed by atoms with Crippen molar-refractivity contribution in [1.29, 1.82) is 0 Å². The van der Waals surface area contributed by atoms with Crippen molar-refractivity contribution in [2.45, 2.75) is 13.0 Å². The minimum Gasteiger partial charge on any atom is -0.465 e. The highest BCUT2D eigenvalue weighted by Gasteiger charge is 2.20. The second-order valence-corrected chi connectivity index (χ2v) is 5.93. The lowest BCUT2D eigenvalue weighted by Gasteiger charge is -2.14. The van der Waals surface area contributed by atoms with Crippen LogP contribution in [0.5, 0.6) is 0 Å². The first-order valence-corrected chi connectivity index (χ1v) is 8.08. The molecule has 26 heavy (non-hydrogen) atoms. The Hall–Kier alpha value is -2.64. The third-order valence-corrected chi connectivity index (χ3v) is 3.74. The summed E-state index contributed by atoms with van der Waals surface area (Å²) < 4.78 is 9.67. The van der Waals surface area contributed by atoms with E-state index in [1.807, 2.05) is 0 Å². The summed E-state index contributed by atoms with van der Waals surface area (Å²) in [4.78, 5) is 39.5. The molecule has 0 bridgehead atoms. The van der Waals surface area contributed by atoms with E-state index >= 15 is 0 Å². The Balaban J connectivity index is 1.99. The first-order chi connectivity index (χ1) is 12.3. The number of carbonyl (C=O) groups excluding carboxylic acids is 3. The van der Waals surface area contributed by atoms with E-state index in [9.17, 15) is 14.4 Å². The molecule has 1 atom stereocenters. The van der Waals surface area contributed by atoms with E-state index in [2.05, 4.69) is 15.0 Å². The molecule has 1 N–H and O–H groups in total. The normalized spacial score (nSPS) is 11.4. The van der Waals surface area contributed by atoms with Gasteiger partial charge in [0, 0.05) is 6.20 Å². The molecule has 0 aliphatic heterocycles. The van der Waals surface area contributed by atoms with Gasteiger partial charge in [0.05, 0.1) is 28.3 Å². The summed E-state index contributed by atoms with van der Waals surface area (Å²) in [6.07, 6.45) is 0.221. The van der Waals surface area contributed by atoms with Crippen LogP contribution in [-0.2, 0) is 14.3 Å². The maximum absolute atomic E-state index is 12.1. The van der Waals surface area contributed by atoms with E-state index < -0.39 is 23.9 Å². The van der Waals surface area contributed by atoms with Crippen LogP contribution in [0.1, 0.15) is 27.6 Å². The summed E-state index contributed by atoms with van der Waals surface area (Å²) in [5.74, 6) is -1.75. The minimum absolute atomic E-state index is 0.103. The van der Waals surface area contributed by atoms with Gasteiger partial charge in [0.25, 0.3) is 5.91 Å². The predicted octanol–water partition coefficient (Wildman–Crippen LogP) is 3.36. The van der Waals surface area contributed by atoms with E-state index in [1.54, 1.807) is 0 Å². The van der Waals surface area contributed by atoms with Gasteiger partial charge in [-0.15, -0.1) is 0 Å². The van der Waals surface area contributed by atoms with Crippen LogP contribution < -0.4 is 5.32 Å². The average Bonchev–Trinajstić information content (AvgIpc) is 2.63. The number of nitrogens with zero attached hydrogens (tertiary/aromatic N) is 1. The van der Waals surface area contributed by atoms with Crippen LogP contribution in [0.4, 0.5) is 5.82 Å². The van der Waals surface area contributed by atoms with Crippen molar-refractivity contribution >= 4 is 46.9 Å². The highest BCUT2D eigenvalue weighted by Crippen LogP contribution is 2.22. The molecular formula is C17H14Cl2N2O5. The van der Waals surface area contributed by atoms with E-state index in [0.29, 0.717) is 10.6 Å². The van der Waals surface area contributed by atoms with Crippen molar-refractivity contribution in [3.05, 3.63) is 57.7 Å². The Morgan fingerprint density at radius 1 is 1.08 bits per heavy atom. The predicted molar refractivity (Wildman–Crippen MR) is 95.5 cm³/mol. The van der Waals surface area contributed by atoms with Crippen molar-refractivity contribution < 1.29 is 23.9 Å². The Morgan fingerprint density at radius 3 is 2.19 bits per heavy atom. The average molecular weight is 397 g/mol. The lowest BCUT2D eigenvalue weighted by Crippen LogP contribution is -2.30. The number of methoxy groups -OCH3 is 1. The third kappa shape index (κ3) is 4.93. The van der Waals surface area contributed by atoms with Gasteiger partial charge in [0.1, 0.15) is 0 Å². The molecule has 7 nitrogen and oxygen atoms in total. The number of aromatic nitrogens is 1. The molecule has 136 valence electrons. The topological polar surface area (TPSA) is 94.6 Å². The molecule has 0 spiro atoms. The smallest absolute Gasteiger partial charge is 0.338 e. The molecule has 9 heteroatoms. The number of ether oxygens (including phenoxy) is 2. The van der Waals surface area contributed by atoms with E-state index in [-0.39, 0.29) is 16.4 Å². The molecule has 1 amide bonds. The number of carbonyl (C=O) groups is 3. The number of esters is 2. The van der Waals surface area contributed by atoms with Gasteiger partial charge in [-0.3, -0.25) is 4.79 Å². The largest absolute Gasteiger partial charge is 0.465 e. The first-order valence-electron chi connectivity index (χ1n) is 7.33. The van der Waals surface area contributed by atoms with Gasteiger partial charge in [-0.05, 0) is 37.3 Å². The first kappa shape index (κ1) is 19.7. The number of amides is 1. The molecule has 1 aromatic heterocycles. The Kier molecular flexibility index (Phi) is 6.54. The lowest BCUT2D eigenvalue weighted by molar-refractivity contribution is -0.123. The zero-order valence-corrected chi connectivity index (χ0v) is 15.3. The van der Waals surface area contributed by atoms with Crippen molar-refractivity contribution in [2.75, 3.05) is 12.4 Å². The molecule has 1 aromatic carbocycles. The van der Waals surface area contributed by atoms with E-state index in [4.69, 9.17) is 27.9 Å². The fourth-order valence-electron chi connectivity index (χ4n) is 1.87. The third-order valence-electron chi connectivity index (χ3n) is 3.24. The van der Waals surface area contributed by atoms with Crippen molar-refractivity contribution in [3.8, 4) is 0 Å². The van der Waals surface area contributed by atoms with Crippen molar-refractivity contribution in [1.82, 2.24) is 4.98 Å². The number of anilines is 1. The fraction of sp³-hybridized carbons (Fsp3) is 0.176. The molecule has 0 aliphatic rings. The number of hydrogen-bond acceptors (Lipinski definition) is 6.